The van der Waals surface area contributed by atoms with Crippen molar-refractivity contribution in [3.05, 3.63) is 52.3 Å². The zero-order valence-corrected chi connectivity index (χ0v) is 12.8. The zero-order chi connectivity index (χ0) is 13.8. The summed E-state index contributed by atoms with van der Waals surface area (Å²) >= 11 is 8.37. The van der Waals surface area contributed by atoms with E-state index < -0.39 is 0 Å². The SMILES string of the molecule is CN(Cc1cccc(Br)c1)c1nccc(C(N)=S)n1. The molecule has 19 heavy (non-hydrogen) atoms. The first-order valence-corrected chi connectivity index (χ1v) is 6.85. The van der Waals surface area contributed by atoms with Crippen molar-refractivity contribution in [1.29, 1.82) is 0 Å². The number of hydrogen-bond acceptors (Lipinski definition) is 4. The molecular formula is C13H13BrN4S. The highest BCUT2D eigenvalue weighted by Gasteiger charge is 2.07. The zero-order valence-electron chi connectivity index (χ0n) is 10.4. The van der Waals surface area contributed by atoms with Gasteiger partial charge in [-0.2, -0.15) is 0 Å². The van der Waals surface area contributed by atoms with Gasteiger partial charge in [-0.05, 0) is 23.8 Å². The van der Waals surface area contributed by atoms with E-state index in [0.29, 0.717) is 18.2 Å². The van der Waals surface area contributed by atoms with Crippen LogP contribution in [0.1, 0.15) is 11.3 Å². The molecule has 1 aromatic carbocycles. The number of hydrogen-bond donors (Lipinski definition) is 1. The van der Waals surface area contributed by atoms with Crippen LogP contribution in [0.4, 0.5) is 5.95 Å². The fourth-order valence-electron chi connectivity index (χ4n) is 1.65. The fourth-order valence-corrected chi connectivity index (χ4v) is 2.21. The molecule has 98 valence electrons. The Morgan fingerprint density at radius 3 is 2.89 bits per heavy atom. The molecule has 0 amide bonds. The van der Waals surface area contributed by atoms with Gasteiger partial charge in [-0.3, -0.25) is 0 Å². The first-order chi connectivity index (χ1) is 9.06. The van der Waals surface area contributed by atoms with E-state index in [2.05, 4.69) is 38.0 Å². The molecule has 0 aliphatic rings. The lowest BCUT2D eigenvalue weighted by atomic mass is 10.2. The number of nitrogens with two attached hydrogens (primary N) is 1. The predicted molar refractivity (Wildman–Crippen MR) is 84.2 cm³/mol. The van der Waals surface area contributed by atoms with Crippen molar-refractivity contribution < 1.29 is 0 Å². The van der Waals surface area contributed by atoms with Crippen LogP contribution in [0.5, 0.6) is 0 Å². The van der Waals surface area contributed by atoms with E-state index in [4.69, 9.17) is 18.0 Å². The molecule has 2 rings (SSSR count). The van der Waals surface area contributed by atoms with Crippen LogP contribution >= 0.6 is 28.1 Å². The predicted octanol–water partition coefficient (Wildman–Crippen LogP) is 2.51. The average molecular weight is 337 g/mol. The average Bonchev–Trinajstić information content (AvgIpc) is 2.39. The van der Waals surface area contributed by atoms with E-state index in [1.807, 2.05) is 24.1 Å². The van der Waals surface area contributed by atoms with Crippen LogP contribution in [0, 0.1) is 0 Å². The summed E-state index contributed by atoms with van der Waals surface area (Å²) in [6.45, 7) is 0.709. The quantitative estimate of drug-likeness (QED) is 0.869. The van der Waals surface area contributed by atoms with Gasteiger partial charge in [0.15, 0.2) is 0 Å². The third kappa shape index (κ3) is 3.71. The molecular weight excluding hydrogens is 324 g/mol. The van der Waals surface area contributed by atoms with Gasteiger partial charge in [0, 0.05) is 24.3 Å². The Morgan fingerprint density at radius 1 is 1.42 bits per heavy atom. The van der Waals surface area contributed by atoms with E-state index in [-0.39, 0.29) is 4.99 Å². The lowest BCUT2D eigenvalue weighted by Crippen LogP contribution is -2.21. The maximum atomic E-state index is 5.57. The first kappa shape index (κ1) is 13.9. The van der Waals surface area contributed by atoms with Gasteiger partial charge in [-0.25, -0.2) is 9.97 Å². The minimum atomic E-state index is 0.277. The van der Waals surface area contributed by atoms with Gasteiger partial charge in [0.25, 0.3) is 0 Å². The Morgan fingerprint density at radius 2 is 2.21 bits per heavy atom. The van der Waals surface area contributed by atoms with Crippen molar-refractivity contribution >= 4 is 39.1 Å². The van der Waals surface area contributed by atoms with E-state index in [0.717, 1.165) is 4.47 Å². The normalized spacial score (nSPS) is 10.2. The molecule has 0 bridgehead atoms. The molecule has 0 atom stereocenters. The van der Waals surface area contributed by atoms with Gasteiger partial charge in [0.2, 0.25) is 5.95 Å². The Kier molecular flexibility index (Phi) is 4.44. The molecule has 0 aliphatic heterocycles. The van der Waals surface area contributed by atoms with Gasteiger partial charge in [-0.15, -0.1) is 0 Å². The molecule has 1 aromatic heterocycles. The van der Waals surface area contributed by atoms with Crippen LogP contribution in [-0.2, 0) is 6.54 Å². The van der Waals surface area contributed by atoms with Crippen molar-refractivity contribution in [2.45, 2.75) is 6.54 Å². The summed E-state index contributed by atoms with van der Waals surface area (Å²) in [5, 5.41) is 0. The molecule has 2 N–H and O–H groups in total. The van der Waals surface area contributed by atoms with Crippen LogP contribution in [-0.4, -0.2) is 22.0 Å². The molecule has 0 unspecified atom stereocenters. The van der Waals surface area contributed by atoms with Crippen LogP contribution in [0.2, 0.25) is 0 Å². The molecule has 0 saturated heterocycles. The number of halogens is 1. The molecule has 4 nitrogen and oxygen atoms in total. The van der Waals surface area contributed by atoms with Crippen molar-refractivity contribution in [2.75, 3.05) is 11.9 Å². The minimum absolute atomic E-state index is 0.277. The number of nitrogens with zero attached hydrogens (tertiary/aromatic N) is 3. The van der Waals surface area contributed by atoms with Crippen LogP contribution in [0.25, 0.3) is 0 Å². The smallest absolute Gasteiger partial charge is 0.225 e. The number of thiocarbonyl (C=S) groups is 1. The standard InChI is InChI=1S/C13H13BrN4S/c1-18(8-9-3-2-4-10(14)7-9)13-16-6-5-11(17-13)12(15)19/h2-7H,8H2,1H3,(H2,15,19). The molecule has 0 fully saturated rings. The van der Waals surface area contributed by atoms with E-state index in [1.165, 1.54) is 5.56 Å². The monoisotopic (exact) mass is 336 g/mol. The maximum Gasteiger partial charge on any atom is 0.225 e. The second-order valence-corrected chi connectivity index (χ2v) is 5.45. The van der Waals surface area contributed by atoms with Crippen molar-refractivity contribution in [3.63, 3.8) is 0 Å². The van der Waals surface area contributed by atoms with Gasteiger partial charge in [0.05, 0.1) is 0 Å². The van der Waals surface area contributed by atoms with Gasteiger partial charge >= 0.3 is 0 Å². The second-order valence-electron chi connectivity index (χ2n) is 4.09. The first-order valence-electron chi connectivity index (χ1n) is 5.64. The van der Waals surface area contributed by atoms with Gasteiger partial charge in [0.1, 0.15) is 10.7 Å². The Bertz CT molecular complexity index is 603. The number of anilines is 1. The summed E-state index contributed by atoms with van der Waals surface area (Å²) in [6, 6.07) is 9.82. The Labute approximate surface area is 125 Å². The molecule has 2 aromatic rings. The van der Waals surface area contributed by atoms with Crippen molar-refractivity contribution in [2.24, 2.45) is 5.73 Å². The lowest BCUT2D eigenvalue weighted by Gasteiger charge is -2.17. The summed E-state index contributed by atoms with van der Waals surface area (Å²) in [4.78, 5) is 10.8. The van der Waals surface area contributed by atoms with Crippen molar-refractivity contribution in [3.8, 4) is 0 Å². The van der Waals surface area contributed by atoms with E-state index in [1.54, 1.807) is 12.3 Å². The molecule has 0 spiro atoms. The molecule has 0 radical (unpaired) electrons. The Balaban J connectivity index is 2.18. The largest absolute Gasteiger partial charge is 0.388 e. The highest BCUT2D eigenvalue weighted by molar-refractivity contribution is 9.10. The summed E-state index contributed by atoms with van der Waals surface area (Å²) < 4.78 is 1.05. The number of aromatic nitrogens is 2. The van der Waals surface area contributed by atoms with E-state index in [9.17, 15) is 0 Å². The number of benzene rings is 1. The molecule has 0 saturated carbocycles. The van der Waals surface area contributed by atoms with Crippen molar-refractivity contribution in [1.82, 2.24) is 9.97 Å². The van der Waals surface area contributed by atoms with Crippen LogP contribution < -0.4 is 10.6 Å². The topological polar surface area (TPSA) is 55.0 Å². The summed E-state index contributed by atoms with van der Waals surface area (Å²) in [7, 11) is 1.93. The van der Waals surface area contributed by atoms with Gasteiger partial charge in [-0.1, -0.05) is 40.3 Å². The molecule has 1 heterocycles. The third-order valence-electron chi connectivity index (χ3n) is 2.55. The minimum Gasteiger partial charge on any atom is -0.388 e. The van der Waals surface area contributed by atoms with Crippen LogP contribution in [0.15, 0.2) is 41.0 Å². The second kappa shape index (κ2) is 6.08. The highest BCUT2D eigenvalue weighted by Crippen LogP contribution is 2.15. The summed E-state index contributed by atoms with van der Waals surface area (Å²) in [5.41, 5.74) is 7.32. The number of rotatable bonds is 4. The van der Waals surface area contributed by atoms with Gasteiger partial charge < -0.3 is 10.6 Å². The molecule has 0 aliphatic carbocycles. The lowest BCUT2D eigenvalue weighted by molar-refractivity contribution is 0.864. The molecule has 6 heteroatoms. The van der Waals surface area contributed by atoms with E-state index >= 15 is 0 Å². The van der Waals surface area contributed by atoms with Crippen LogP contribution in [0.3, 0.4) is 0 Å². The summed E-state index contributed by atoms with van der Waals surface area (Å²) in [6.07, 6.45) is 1.66. The summed E-state index contributed by atoms with van der Waals surface area (Å²) in [5.74, 6) is 0.602. The highest BCUT2D eigenvalue weighted by atomic mass is 79.9. The fraction of sp³-hybridized carbons (Fsp3) is 0.154. The third-order valence-corrected chi connectivity index (χ3v) is 3.25. The Hall–Kier alpha value is -1.53. The maximum absolute atomic E-state index is 5.57.